The third kappa shape index (κ3) is 3.44. The van der Waals surface area contributed by atoms with Gasteiger partial charge >= 0.3 is 0 Å². The van der Waals surface area contributed by atoms with Crippen molar-refractivity contribution in [2.24, 2.45) is 0 Å². The molecule has 1 fully saturated rings. The minimum Gasteiger partial charge on any atom is -0.497 e. The third-order valence-electron chi connectivity index (χ3n) is 5.52. The number of hydrogen-bond donors (Lipinski definition) is 0. The van der Waals surface area contributed by atoms with Crippen molar-refractivity contribution >= 4 is 22.4 Å². The van der Waals surface area contributed by atoms with Crippen molar-refractivity contribution in [3.05, 3.63) is 59.2 Å². The van der Waals surface area contributed by atoms with E-state index >= 15 is 0 Å². The SMILES string of the molecule is COc1ccc2c(C)cc(N3CCN(c4cc(C)ccc4C)CC3)nc2c1. The lowest BCUT2D eigenvalue weighted by atomic mass is 10.1. The van der Waals surface area contributed by atoms with Crippen molar-refractivity contribution in [1.29, 1.82) is 0 Å². The Morgan fingerprint density at radius 2 is 1.56 bits per heavy atom. The Labute approximate surface area is 161 Å². The quantitative estimate of drug-likeness (QED) is 0.687. The van der Waals surface area contributed by atoms with Gasteiger partial charge in [0.15, 0.2) is 0 Å². The molecule has 4 nitrogen and oxygen atoms in total. The van der Waals surface area contributed by atoms with Crippen molar-refractivity contribution in [3.8, 4) is 5.75 Å². The van der Waals surface area contributed by atoms with E-state index in [1.165, 1.54) is 27.8 Å². The zero-order chi connectivity index (χ0) is 19.0. The number of hydrogen-bond acceptors (Lipinski definition) is 4. The Kier molecular flexibility index (Phi) is 4.65. The topological polar surface area (TPSA) is 28.6 Å². The van der Waals surface area contributed by atoms with Crippen molar-refractivity contribution in [2.75, 3.05) is 43.1 Å². The smallest absolute Gasteiger partial charge is 0.129 e. The molecule has 1 aliphatic heterocycles. The maximum Gasteiger partial charge on any atom is 0.129 e. The number of rotatable bonds is 3. The van der Waals surface area contributed by atoms with Crippen LogP contribution in [0, 0.1) is 20.8 Å². The van der Waals surface area contributed by atoms with Crippen molar-refractivity contribution < 1.29 is 4.74 Å². The van der Waals surface area contributed by atoms with Gasteiger partial charge in [-0.2, -0.15) is 0 Å². The second-order valence-corrected chi connectivity index (χ2v) is 7.44. The summed E-state index contributed by atoms with van der Waals surface area (Å²) in [5, 5.41) is 1.19. The first-order valence-electron chi connectivity index (χ1n) is 9.58. The molecule has 0 unspecified atom stereocenters. The highest BCUT2D eigenvalue weighted by Gasteiger charge is 2.20. The van der Waals surface area contributed by atoms with E-state index < -0.39 is 0 Å². The van der Waals surface area contributed by atoms with E-state index in [9.17, 15) is 0 Å². The summed E-state index contributed by atoms with van der Waals surface area (Å²) in [6.45, 7) is 10.5. The summed E-state index contributed by atoms with van der Waals surface area (Å²) >= 11 is 0. The molecular formula is C23H27N3O. The Morgan fingerprint density at radius 1 is 0.815 bits per heavy atom. The molecule has 1 aromatic heterocycles. The molecule has 27 heavy (non-hydrogen) atoms. The molecule has 0 aliphatic carbocycles. The van der Waals surface area contributed by atoms with E-state index in [2.05, 4.69) is 60.9 Å². The minimum absolute atomic E-state index is 0.853. The first-order chi connectivity index (χ1) is 13.0. The molecule has 140 valence electrons. The van der Waals surface area contributed by atoms with Crippen LogP contribution in [0.25, 0.3) is 10.9 Å². The second-order valence-electron chi connectivity index (χ2n) is 7.44. The number of methoxy groups -OCH3 is 1. The van der Waals surface area contributed by atoms with Crippen LogP contribution in [0.15, 0.2) is 42.5 Å². The average molecular weight is 361 g/mol. The molecule has 0 N–H and O–H groups in total. The largest absolute Gasteiger partial charge is 0.497 e. The zero-order valence-electron chi connectivity index (χ0n) is 16.6. The van der Waals surface area contributed by atoms with Crippen LogP contribution in [-0.2, 0) is 0 Å². The number of nitrogens with zero attached hydrogens (tertiary/aromatic N) is 3. The summed E-state index contributed by atoms with van der Waals surface area (Å²) in [6, 6.07) is 15.0. The molecule has 0 atom stereocenters. The van der Waals surface area contributed by atoms with Crippen LogP contribution >= 0.6 is 0 Å². The van der Waals surface area contributed by atoms with Gasteiger partial charge in [-0.15, -0.1) is 0 Å². The number of fused-ring (bicyclic) bond motifs is 1. The molecular weight excluding hydrogens is 334 g/mol. The van der Waals surface area contributed by atoms with Gasteiger partial charge in [-0.3, -0.25) is 0 Å². The number of piperazine rings is 1. The highest BCUT2D eigenvalue weighted by atomic mass is 16.5. The van der Waals surface area contributed by atoms with Crippen LogP contribution in [0.3, 0.4) is 0 Å². The van der Waals surface area contributed by atoms with E-state index in [1.807, 2.05) is 12.1 Å². The fourth-order valence-electron chi connectivity index (χ4n) is 3.89. The fourth-order valence-corrected chi connectivity index (χ4v) is 3.89. The minimum atomic E-state index is 0.853. The van der Waals surface area contributed by atoms with Crippen LogP contribution in [0.4, 0.5) is 11.5 Å². The molecule has 0 amide bonds. The van der Waals surface area contributed by atoms with E-state index in [0.29, 0.717) is 0 Å². The van der Waals surface area contributed by atoms with Gasteiger partial charge in [0.25, 0.3) is 0 Å². The average Bonchev–Trinajstić information content (AvgIpc) is 2.69. The molecule has 0 saturated carbocycles. The molecule has 0 radical (unpaired) electrons. The van der Waals surface area contributed by atoms with Crippen LogP contribution in [-0.4, -0.2) is 38.3 Å². The van der Waals surface area contributed by atoms with Crippen LogP contribution in [0.1, 0.15) is 16.7 Å². The molecule has 4 heteroatoms. The summed E-state index contributed by atoms with van der Waals surface area (Å²) in [5.74, 6) is 1.92. The van der Waals surface area contributed by atoms with Gasteiger partial charge in [0.1, 0.15) is 11.6 Å². The molecule has 0 spiro atoms. The van der Waals surface area contributed by atoms with Crippen LogP contribution in [0.2, 0.25) is 0 Å². The Hall–Kier alpha value is -2.75. The standard InChI is InChI=1S/C23H27N3O/c1-16-5-6-17(2)22(13-16)25-9-11-26(12-10-25)23-14-18(3)20-8-7-19(27-4)15-21(20)24-23/h5-8,13-15H,9-12H2,1-4H3. The van der Waals surface area contributed by atoms with Crippen LogP contribution < -0.4 is 14.5 Å². The third-order valence-corrected chi connectivity index (χ3v) is 5.52. The number of benzene rings is 2. The van der Waals surface area contributed by atoms with Crippen molar-refractivity contribution in [3.63, 3.8) is 0 Å². The van der Waals surface area contributed by atoms with E-state index in [1.54, 1.807) is 7.11 Å². The van der Waals surface area contributed by atoms with Crippen molar-refractivity contribution in [2.45, 2.75) is 20.8 Å². The normalized spacial score (nSPS) is 14.7. The van der Waals surface area contributed by atoms with E-state index in [4.69, 9.17) is 9.72 Å². The number of pyridine rings is 1. The summed E-state index contributed by atoms with van der Waals surface area (Å²) in [7, 11) is 1.70. The number of aromatic nitrogens is 1. The lowest BCUT2D eigenvalue weighted by Crippen LogP contribution is -2.47. The highest BCUT2D eigenvalue weighted by Crippen LogP contribution is 2.28. The molecule has 0 bridgehead atoms. The summed E-state index contributed by atoms with van der Waals surface area (Å²) in [4.78, 5) is 9.82. The van der Waals surface area contributed by atoms with Gasteiger partial charge in [-0.25, -0.2) is 4.98 Å². The summed E-state index contributed by atoms with van der Waals surface area (Å²) in [5.41, 5.74) is 6.29. The number of anilines is 2. The van der Waals surface area contributed by atoms with Gasteiger partial charge < -0.3 is 14.5 Å². The first kappa shape index (κ1) is 17.7. The maximum absolute atomic E-state index is 5.37. The lowest BCUT2D eigenvalue weighted by molar-refractivity contribution is 0.415. The fraction of sp³-hybridized carbons (Fsp3) is 0.348. The van der Waals surface area contributed by atoms with Gasteiger partial charge in [-0.05, 0) is 61.7 Å². The Morgan fingerprint density at radius 3 is 2.30 bits per heavy atom. The van der Waals surface area contributed by atoms with Crippen molar-refractivity contribution in [1.82, 2.24) is 4.98 Å². The molecule has 2 aromatic carbocycles. The highest BCUT2D eigenvalue weighted by molar-refractivity contribution is 5.85. The van der Waals surface area contributed by atoms with Gasteiger partial charge in [0.05, 0.1) is 12.6 Å². The number of ether oxygens (including phenoxy) is 1. The maximum atomic E-state index is 5.37. The molecule has 1 saturated heterocycles. The molecule has 1 aliphatic rings. The lowest BCUT2D eigenvalue weighted by Gasteiger charge is -2.37. The second kappa shape index (κ2) is 7.10. The summed E-state index contributed by atoms with van der Waals surface area (Å²) in [6.07, 6.45) is 0. The summed E-state index contributed by atoms with van der Waals surface area (Å²) < 4.78 is 5.37. The zero-order valence-corrected chi connectivity index (χ0v) is 16.6. The van der Waals surface area contributed by atoms with Gasteiger partial charge in [0, 0.05) is 43.3 Å². The van der Waals surface area contributed by atoms with E-state index in [-0.39, 0.29) is 0 Å². The molecule has 4 rings (SSSR count). The Bertz CT molecular complexity index is 975. The predicted octanol–water partition coefficient (Wildman–Crippen LogP) is 4.50. The molecule has 3 aromatic rings. The predicted molar refractivity (Wildman–Crippen MR) is 113 cm³/mol. The van der Waals surface area contributed by atoms with Crippen LogP contribution in [0.5, 0.6) is 5.75 Å². The molecule has 2 heterocycles. The van der Waals surface area contributed by atoms with E-state index in [0.717, 1.165) is 43.3 Å². The Balaban J connectivity index is 1.56. The van der Waals surface area contributed by atoms with Gasteiger partial charge in [0.2, 0.25) is 0 Å². The first-order valence-corrected chi connectivity index (χ1v) is 9.58. The number of aryl methyl sites for hydroxylation is 3. The monoisotopic (exact) mass is 361 g/mol. The van der Waals surface area contributed by atoms with Gasteiger partial charge in [-0.1, -0.05) is 12.1 Å².